The number of carboxylic acids is 1. The van der Waals surface area contributed by atoms with E-state index in [0.717, 1.165) is 29.7 Å². The van der Waals surface area contributed by atoms with E-state index < -0.39 is 11.9 Å². The van der Waals surface area contributed by atoms with Gasteiger partial charge in [0.25, 0.3) is 5.91 Å². The Morgan fingerprint density at radius 3 is 2.42 bits per heavy atom. The number of carbonyl (C=O) groups excluding carboxylic acids is 1. The van der Waals surface area contributed by atoms with Crippen LogP contribution in [0.1, 0.15) is 41.3 Å². The lowest BCUT2D eigenvalue weighted by Gasteiger charge is -2.13. The van der Waals surface area contributed by atoms with Crippen LogP contribution in [0.3, 0.4) is 0 Å². The van der Waals surface area contributed by atoms with Crippen LogP contribution in [0.25, 0.3) is 0 Å². The highest BCUT2D eigenvalue weighted by Gasteiger charge is 2.21. The minimum Gasteiger partial charge on any atom is -0.481 e. The number of amides is 1. The van der Waals surface area contributed by atoms with Crippen LogP contribution in [-0.2, 0) is 24.1 Å². The first-order chi connectivity index (χ1) is 11.5. The Bertz CT molecular complexity index is 669. The van der Waals surface area contributed by atoms with Gasteiger partial charge in [-0.2, -0.15) is 0 Å². The van der Waals surface area contributed by atoms with Gasteiger partial charge in [0.15, 0.2) is 5.76 Å². The second-order valence-electron chi connectivity index (χ2n) is 5.70. The standard InChI is InChI=1S/C19H23NO4/c1-3-14-11-17(24-16(14)4-2)18(21)20-12-15(19(22)23)10-13-8-6-5-7-9-13/h5-9,11,15H,3-4,10,12H2,1-2H3,(H,20,21)(H,22,23). The van der Waals surface area contributed by atoms with Crippen LogP contribution in [-0.4, -0.2) is 23.5 Å². The van der Waals surface area contributed by atoms with Crippen LogP contribution >= 0.6 is 0 Å². The molecule has 0 saturated heterocycles. The average Bonchev–Trinajstić information content (AvgIpc) is 3.02. The van der Waals surface area contributed by atoms with Gasteiger partial charge >= 0.3 is 5.97 Å². The van der Waals surface area contributed by atoms with Gasteiger partial charge in [-0.15, -0.1) is 0 Å². The summed E-state index contributed by atoms with van der Waals surface area (Å²) in [5.41, 5.74) is 1.94. The molecule has 0 fully saturated rings. The van der Waals surface area contributed by atoms with E-state index in [9.17, 15) is 14.7 Å². The van der Waals surface area contributed by atoms with Crippen molar-refractivity contribution < 1.29 is 19.1 Å². The third-order valence-electron chi connectivity index (χ3n) is 4.01. The van der Waals surface area contributed by atoms with E-state index >= 15 is 0 Å². The van der Waals surface area contributed by atoms with Crippen molar-refractivity contribution in [3.05, 3.63) is 59.0 Å². The second-order valence-corrected chi connectivity index (χ2v) is 5.70. The largest absolute Gasteiger partial charge is 0.481 e. The van der Waals surface area contributed by atoms with E-state index in [1.165, 1.54) is 0 Å². The van der Waals surface area contributed by atoms with Crippen molar-refractivity contribution in [1.29, 1.82) is 0 Å². The zero-order valence-corrected chi connectivity index (χ0v) is 14.0. The molecule has 0 bridgehead atoms. The molecule has 0 saturated carbocycles. The van der Waals surface area contributed by atoms with Crippen LogP contribution in [0.5, 0.6) is 0 Å². The highest BCUT2D eigenvalue weighted by molar-refractivity contribution is 5.92. The van der Waals surface area contributed by atoms with Crippen molar-refractivity contribution >= 4 is 11.9 Å². The van der Waals surface area contributed by atoms with Gasteiger partial charge in [-0.1, -0.05) is 44.2 Å². The van der Waals surface area contributed by atoms with E-state index in [1.807, 2.05) is 44.2 Å². The summed E-state index contributed by atoms with van der Waals surface area (Å²) in [5, 5.41) is 12.0. The van der Waals surface area contributed by atoms with E-state index in [4.69, 9.17) is 4.42 Å². The van der Waals surface area contributed by atoms with Gasteiger partial charge in [0, 0.05) is 13.0 Å². The topological polar surface area (TPSA) is 79.5 Å². The fourth-order valence-corrected chi connectivity index (χ4v) is 2.63. The van der Waals surface area contributed by atoms with E-state index in [1.54, 1.807) is 6.07 Å². The zero-order valence-electron chi connectivity index (χ0n) is 14.0. The molecule has 1 amide bonds. The third kappa shape index (κ3) is 4.47. The quantitative estimate of drug-likeness (QED) is 0.780. The van der Waals surface area contributed by atoms with Crippen LogP contribution in [0, 0.1) is 5.92 Å². The summed E-state index contributed by atoms with van der Waals surface area (Å²) in [5.74, 6) is -0.928. The molecular weight excluding hydrogens is 306 g/mol. The lowest BCUT2D eigenvalue weighted by Crippen LogP contribution is -2.34. The lowest BCUT2D eigenvalue weighted by molar-refractivity contribution is -0.141. The van der Waals surface area contributed by atoms with Gasteiger partial charge in [-0.3, -0.25) is 9.59 Å². The van der Waals surface area contributed by atoms with Gasteiger partial charge in [0.05, 0.1) is 5.92 Å². The van der Waals surface area contributed by atoms with Gasteiger partial charge in [0.1, 0.15) is 5.76 Å². The Balaban J connectivity index is 1.99. The Kier molecular flexibility index (Phi) is 6.18. The summed E-state index contributed by atoms with van der Waals surface area (Å²) >= 11 is 0. The first-order valence-corrected chi connectivity index (χ1v) is 8.21. The van der Waals surface area contributed by atoms with Gasteiger partial charge in [0.2, 0.25) is 0 Å². The fraction of sp³-hybridized carbons (Fsp3) is 0.368. The molecular formula is C19H23NO4. The Morgan fingerprint density at radius 1 is 1.17 bits per heavy atom. The number of aliphatic carboxylic acids is 1. The van der Waals surface area contributed by atoms with Crippen molar-refractivity contribution in [2.45, 2.75) is 33.1 Å². The van der Waals surface area contributed by atoms with Crippen LogP contribution in [0.4, 0.5) is 0 Å². The summed E-state index contributed by atoms with van der Waals surface area (Å²) in [4.78, 5) is 23.7. The van der Waals surface area contributed by atoms with Crippen molar-refractivity contribution in [2.24, 2.45) is 5.92 Å². The number of hydrogen-bond donors (Lipinski definition) is 2. The van der Waals surface area contributed by atoms with E-state index in [-0.39, 0.29) is 18.2 Å². The summed E-state index contributed by atoms with van der Waals surface area (Å²) in [6.07, 6.45) is 1.89. The Hall–Kier alpha value is -2.56. The number of carbonyl (C=O) groups is 2. The number of rotatable bonds is 8. The van der Waals surface area contributed by atoms with Crippen molar-refractivity contribution in [1.82, 2.24) is 5.32 Å². The molecule has 24 heavy (non-hydrogen) atoms. The van der Waals surface area contributed by atoms with Gasteiger partial charge < -0.3 is 14.8 Å². The van der Waals surface area contributed by atoms with Crippen LogP contribution in [0.2, 0.25) is 0 Å². The molecule has 0 aliphatic heterocycles. The molecule has 2 rings (SSSR count). The highest BCUT2D eigenvalue weighted by atomic mass is 16.4. The van der Waals surface area contributed by atoms with Crippen molar-refractivity contribution in [3.63, 3.8) is 0 Å². The summed E-state index contributed by atoms with van der Waals surface area (Å²) in [7, 11) is 0. The zero-order chi connectivity index (χ0) is 17.5. The van der Waals surface area contributed by atoms with E-state index in [0.29, 0.717) is 6.42 Å². The number of nitrogens with one attached hydrogen (secondary N) is 1. The SMILES string of the molecule is CCc1cc(C(=O)NCC(Cc2ccccc2)C(=O)O)oc1CC. The molecule has 1 unspecified atom stereocenters. The third-order valence-corrected chi connectivity index (χ3v) is 4.01. The molecule has 5 heteroatoms. The molecule has 0 aliphatic rings. The predicted molar refractivity (Wildman–Crippen MR) is 91.1 cm³/mol. The van der Waals surface area contributed by atoms with Crippen LogP contribution < -0.4 is 5.32 Å². The van der Waals surface area contributed by atoms with Crippen molar-refractivity contribution in [3.8, 4) is 0 Å². The molecule has 2 N–H and O–H groups in total. The summed E-state index contributed by atoms with van der Waals surface area (Å²) in [6, 6.07) is 11.1. The maximum Gasteiger partial charge on any atom is 0.308 e. The molecule has 1 atom stereocenters. The highest BCUT2D eigenvalue weighted by Crippen LogP contribution is 2.17. The molecule has 1 heterocycles. The Labute approximate surface area is 141 Å². The number of furan rings is 1. The molecule has 2 aromatic rings. The molecule has 0 aliphatic carbocycles. The van der Waals surface area contributed by atoms with Gasteiger partial charge in [-0.25, -0.2) is 0 Å². The summed E-state index contributed by atoms with van der Waals surface area (Å²) < 4.78 is 5.57. The smallest absolute Gasteiger partial charge is 0.308 e. The Morgan fingerprint density at radius 2 is 1.88 bits per heavy atom. The van der Waals surface area contributed by atoms with E-state index in [2.05, 4.69) is 5.32 Å². The second kappa shape index (κ2) is 8.34. The number of aryl methyl sites for hydroxylation is 2. The molecule has 5 nitrogen and oxygen atoms in total. The first-order valence-electron chi connectivity index (χ1n) is 8.21. The maximum atomic E-state index is 12.2. The molecule has 128 valence electrons. The summed E-state index contributed by atoms with van der Waals surface area (Å²) in [6.45, 7) is 4.04. The average molecular weight is 329 g/mol. The normalized spacial score (nSPS) is 11.9. The number of carboxylic acid groups (broad SMARTS) is 1. The maximum absolute atomic E-state index is 12.2. The minimum atomic E-state index is -0.929. The monoisotopic (exact) mass is 329 g/mol. The van der Waals surface area contributed by atoms with Gasteiger partial charge in [-0.05, 0) is 30.0 Å². The van der Waals surface area contributed by atoms with Crippen LogP contribution in [0.15, 0.2) is 40.8 Å². The molecule has 0 radical (unpaired) electrons. The first kappa shape index (κ1) is 17.8. The molecule has 1 aromatic carbocycles. The molecule has 0 spiro atoms. The molecule has 1 aromatic heterocycles. The van der Waals surface area contributed by atoms with Crippen molar-refractivity contribution in [2.75, 3.05) is 6.54 Å². The predicted octanol–water partition coefficient (Wildman–Crippen LogP) is 3.08. The lowest BCUT2D eigenvalue weighted by atomic mass is 9.99. The minimum absolute atomic E-state index is 0.0622. The number of hydrogen-bond acceptors (Lipinski definition) is 3. The fourth-order valence-electron chi connectivity index (χ4n) is 2.63. The number of benzene rings is 1.